The molecule has 1 amide bonds. The summed E-state index contributed by atoms with van der Waals surface area (Å²) in [5.41, 5.74) is 11.8. The lowest BCUT2D eigenvalue weighted by atomic mass is 10.0. The van der Waals surface area contributed by atoms with Crippen LogP contribution in [0.4, 0.5) is 4.39 Å². The van der Waals surface area contributed by atoms with Crippen molar-refractivity contribution in [3.63, 3.8) is 0 Å². The molecule has 0 saturated carbocycles. The topological polar surface area (TPSA) is 78.3 Å². The van der Waals surface area contributed by atoms with Crippen LogP contribution in [0, 0.1) is 5.82 Å². The van der Waals surface area contributed by atoms with E-state index in [1.54, 1.807) is 6.07 Å². The Morgan fingerprint density at radius 1 is 1.56 bits per heavy atom. The summed E-state index contributed by atoms with van der Waals surface area (Å²) in [5, 5.41) is 0. The fraction of sp³-hybridized carbons (Fsp3) is 0.417. The molecule has 0 aromatic heterocycles. The molecule has 1 unspecified atom stereocenters. The van der Waals surface area contributed by atoms with Crippen molar-refractivity contribution < 1.29 is 13.9 Å². The zero-order valence-electron chi connectivity index (χ0n) is 10.1. The predicted octanol–water partition coefficient (Wildman–Crippen LogP) is 2.25. The molecule has 0 heterocycles. The van der Waals surface area contributed by atoms with Crippen molar-refractivity contribution in [3.8, 4) is 5.75 Å². The van der Waals surface area contributed by atoms with Crippen LogP contribution in [-0.2, 0) is 4.79 Å². The van der Waals surface area contributed by atoms with E-state index in [-0.39, 0.29) is 11.9 Å². The number of primary amides is 1. The molecule has 4 nitrogen and oxygen atoms in total. The third kappa shape index (κ3) is 3.96. The van der Waals surface area contributed by atoms with E-state index < -0.39 is 5.82 Å². The van der Waals surface area contributed by atoms with Crippen LogP contribution < -0.4 is 16.2 Å². The van der Waals surface area contributed by atoms with Crippen molar-refractivity contribution in [2.45, 2.75) is 25.3 Å². The van der Waals surface area contributed by atoms with Crippen molar-refractivity contribution in [1.82, 2.24) is 0 Å². The molecule has 4 N–H and O–H groups in total. The van der Waals surface area contributed by atoms with E-state index in [0.717, 1.165) is 0 Å². The SMILES string of the molecule is COc1cc(F)c(Br)cc1C(N)CCCC(N)=O. The molecule has 18 heavy (non-hydrogen) atoms. The number of halogens is 2. The number of methoxy groups -OCH3 is 1. The quantitative estimate of drug-likeness (QED) is 0.844. The highest BCUT2D eigenvalue weighted by Crippen LogP contribution is 2.31. The Balaban J connectivity index is 2.80. The molecular weight excluding hydrogens is 303 g/mol. The molecule has 1 rings (SSSR count). The second kappa shape index (κ2) is 6.70. The van der Waals surface area contributed by atoms with Gasteiger partial charge in [0.1, 0.15) is 11.6 Å². The van der Waals surface area contributed by atoms with E-state index in [2.05, 4.69) is 15.9 Å². The molecule has 1 aromatic carbocycles. The Morgan fingerprint density at radius 3 is 2.78 bits per heavy atom. The zero-order valence-corrected chi connectivity index (χ0v) is 11.7. The van der Waals surface area contributed by atoms with Gasteiger partial charge in [-0.15, -0.1) is 0 Å². The van der Waals surface area contributed by atoms with Gasteiger partial charge >= 0.3 is 0 Å². The van der Waals surface area contributed by atoms with Gasteiger partial charge < -0.3 is 16.2 Å². The molecule has 0 aliphatic rings. The van der Waals surface area contributed by atoms with Gasteiger partial charge in [0.2, 0.25) is 5.91 Å². The van der Waals surface area contributed by atoms with Crippen molar-refractivity contribution >= 4 is 21.8 Å². The van der Waals surface area contributed by atoms with Crippen LogP contribution >= 0.6 is 15.9 Å². The third-order valence-corrected chi connectivity index (χ3v) is 3.22. The summed E-state index contributed by atoms with van der Waals surface area (Å²) in [7, 11) is 1.46. The molecule has 0 spiro atoms. The molecular formula is C12H16BrFN2O2. The lowest BCUT2D eigenvalue weighted by Gasteiger charge is -2.16. The van der Waals surface area contributed by atoms with E-state index in [1.165, 1.54) is 13.2 Å². The summed E-state index contributed by atoms with van der Waals surface area (Å²) < 4.78 is 18.8. The normalized spacial score (nSPS) is 12.2. The maximum absolute atomic E-state index is 13.3. The van der Waals surface area contributed by atoms with Crippen molar-refractivity contribution in [2.75, 3.05) is 7.11 Å². The molecule has 0 radical (unpaired) electrons. The van der Waals surface area contributed by atoms with Crippen LogP contribution in [0.25, 0.3) is 0 Å². The average Bonchev–Trinajstić information content (AvgIpc) is 2.31. The molecule has 6 heteroatoms. The van der Waals surface area contributed by atoms with Gasteiger partial charge in [-0.25, -0.2) is 4.39 Å². The second-order valence-electron chi connectivity index (χ2n) is 3.97. The summed E-state index contributed by atoms with van der Waals surface area (Å²) in [4.78, 5) is 10.6. The average molecular weight is 319 g/mol. The van der Waals surface area contributed by atoms with Crippen LogP contribution in [0.1, 0.15) is 30.9 Å². The molecule has 0 bridgehead atoms. The summed E-state index contributed by atoms with van der Waals surface area (Å²) in [6, 6.07) is 2.56. The fourth-order valence-electron chi connectivity index (χ4n) is 1.66. The highest BCUT2D eigenvalue weighted by atomic mass is 79.9. The zero-order chi connectivity index (χ0) is 13.7. The van der Waals surface area contributed by atoms with Gasteiger partial charge in [0.15, 0.2) is 0 Å². The molecule has 0 fully saturated rings. The van der Waals surface area contributed by atoms with E-state index >= 15 is 0 Å². The van der Waals surface area contributed by atoms with Gasteiger partial charge in [-0.05, 0) is 34.8 Å². The largest absolute Gasteiger partial charge is 0.496 e. The Morgan fingerprint density at radius 2 is 2.22 bits per heavy atom. The minimum Gasteiger partial charge on any atom is -0.496 e. The van der Waals surface area contributed by atoms with E-state index in [1.807, 2.05) is 0 Å². The predicted molar refractivity (Wildman–Crippen MR) is 70.6 cm³/mol. The molecule has 0 aliphatic heterocycles. The monoisotopic (exact) mass is 318 g/mol. The molecule has 100 valence electrons. The third-order valence-electron chi connectivity index (χ3n) is 2.61. The number of hydrogen-bond donors (Lipinski definition) is 2. The molecule has 0 aliphatic carbocycles. The Kier molecular flexibility index (Phi) is 5.55. The minimum atomic E-state index is -0.403. The summed E-state index contributed by atoms with van der Waals surface area (Å²) in [6.07, 6.45) is 1.46. The lowest BCUT2D eigenvalue weighted by Crippen LogP contribution is -2.15. The first-order valence-electron chi connectivity index (χ1n) is 5.52. The van der Waals surface area contributed by atoms with Crippen LogP contribution in [-0.4, -0.2) is 13.0 Å². The Labute approximate surface area is 114 Å². The van der Waals surface area contributed by atoms with E-state index in [9.17, 15) is 9.18 Å². The van der Waals surface area contributed by atoms with Crippen molar-refractivity contribution in [2.24, 2.45) is 11.5 Å². The smallest absolute Gasteiger partial charge is 0.217 e. The van der Waals surface area contributed by atoms with Crippen molar-refractivity contribution in [1.29, 1.82) is 0 Å². The van der Waals surface area contributed by atoms with E-state index in [4.69, 9.17) is 16.2 Å². The van der Waals surface area contributed by atoms with Gasteiger partial charge in [0.05, 0.1) is 11.6 Å². The van der Waals surface area contributed by atoms with Gasteiger partial charge in [0.25, 0.3) is 0 Å². The molecule has 0 saturated heterocycles. The fourth-order valence-corrected chi connectivity index (χ4v) is 2.02. The maximum atomic E-state index is 13.3. The number of rotatable bonds is 6. The number of amides is 1. The van der Waals surface area contributed by atoms with Crippen molar-refractivity contribution in [3.05, 3.63) is 28.0 Å². The second-order valence-corrected chi connectivity index (χ2v) is 4.83. The van der Waals surface area contributed by atoms with Gasteiger partial charge in [-0.2, -0.15) is 0 Å². The van der Waals surface area contributed by atoms with E-state index in [0.29, 0.717) is 35.0 Å². The van der Waals surface area contributed by atoms with Gasteiger partial charge in [-0.1, -0.05) is 0 Å². The molecule has 1 atom stereocenters. The first-order valence-corrected chi connectivity index (χ1v) is 6.31. The highest BCUT2D eigenvalue weighted by Gasteiger charge is 2.15. The van der Waals surface area contributed by atoms with Crippen LogP contribution in [0.15, 0.2) is 16.6 Å². The summed E-state index contributed by atoms with van der Waals surface area (Å²) in [5.74, 6) is -0.350. The number of nitrogens with two attached hydrogens (primary N) is 2. The minimum absolute atomic E-state index is 0.290. The number of hydrogen-bond acceptors (Lipinski definition) is 3. The summed E-state index contributed by atoms with van der Waals surface area (Å²) >= 11 is 3.11. The first-order chi connectivity index (χ1) is 8.45. The number of carbonyl (C=O) groups excluding carboxylic acids is 1. The maximum Gasteiger partial charge on any atom is 0.217 e. The van der Waals surface area contributed by atoms with Crippen LogP contribution in [0.2, 0.25) is 0 Å². The Bertz CT molecular complexity index is 440. The highest BCUT2D eigenvalue weighted by molar-refractivity contribution is 9.10. The van der Waals surface area contributed by atoms with Gasteiger partial charge in [0, 0.05) is 24.1 Å². The van der Waals surface area contributed by atoms with Crippen LogP contribution in [0.3, 0.4) is 0 Å². The lowest BCUT2D eigenvalue weighted by molar-refractivity contribution is -0.118. The first kappa shape index (κ1) is 14.9. The Hall–Kier alpha value is -1.14. The van der Waals surface area contributed by atoms with Crippen LogP contribution in [0.5, 0.6) is 5.75 Å². The number of benzene rings is 1. The standard InChI is InChI=1S/C12H16BrFN2O2/c1-18-11-6-9(14)8(13)5-7(11)10(15)3-2-4-12(16)17/h5-6,10H,2-4,15H2,1H3,(H2,16,17). The van der Waals surface area contributed by atoms with Gasteiger partial charge in [-0.3, -0.25) is 4.79 Å². The number of carbonyl (C=O) groups is 1. The summed E-state index contributed by atoms with van der Waals surface area (Å²) in [6.45, 7) is 0. The molecule has 1 aromatic rings. The number of ether oxygens (including phenoxy) is 1.